The zero-order valence-electron chi connectivity index (χ0n) is 11.6. The minimum Gasteiger partial charge on any atom is -0.464 e. The summed E-state index contributed by atoms with van der Waals surface area (Å²) in [5, 5.41) is 3.67. The largest absolute Gasteiger partial charge is 0.464 e. The highest BCUT2D eigenvalue weighted by molar-refractivity contribution is 5.13. The molecule has 0 radical (unpaired) electrons. The number of nitrogens with one attached hydrogen (secondary N) is 1. The van der Waals surface area contributed by atoms with Gasteiger partial charge in [0, 0.05) is 6.42 Å². The van der Waals surface area contributed by atoms with E-state index < -0.39 is 0 Å². The monoisotopic (exact) mass is 247 g/mol. The number of aryl methyl sites for hydroxylation is 1. The first-order valence-electron chi connectivity index (χ1n) is 7.63. The highest BCUT2D eigenvalue weighted by Gasteiger charge is 2.44. The minimum atomic E-state index is 0.450. The minimum absolute atomic E-state index is 0.450. The average molecular weight is 247 g/mol. The third-order valence-electron chi connectivity index (χ3n) is 4.98. The SMILES string of the molecule is CCNC(c1ccc(CC)o1)C1CC2CCC1C2. The molecule has 100 valence electrons. The summed E-state index contributed by atoms with van der Waals surface area (Å²) < 4.78 is 6.01. The Labute approximate surface area is 110 Å². The molecular weight excluding hydrogens is 222 g/mol. The molecule has 1 aromatic heterocycles. The topological polar surface area (TPSA) is 25.2 Å². The van der Waals surface area contributed by atoms with Crippen LogP contribution < -0.4 is 5.32 Å². The number of hydrogen-bond acceptors (Lipinski definition) is 2. The highest BCUT2D eigenvalue weighted by atomic mass is 16.3. The predicted molar refractivity (Wildman–Crippen MR) is 73.4 cm³/mol. The van der Waals surface area contributed by atoms with E-state index in [4.69, 9.17) is 4.42 Å². The first-order chi connectivity index (χ1) is 8.81. The van der Waals surface area contributed by atoms with Crippen molar-refractivity contribution >= 4 is 0 Å². The highest BCUT2D eigenvalue weighted by Crippen LogP contribution is 2.52. The van der Waals surface area contributed by atoms with Gasteiger partial charge >= 0.3 is 0 Å². The van der Waals surface area contributed by atoms with Crippen molar-refractivity contribution in [1.82, 2.24) is 5.32 Å². The second-order valence-electron chi connectivity index (χ2n) is 6.03. The van der Waals surface area contributed by atoms with Gasteiger partial charge in [0.25, 0.3) is 0 Å². The van der Waals surface area contributed by atoms with Gasteiger partial charge in [0.15, 0.2) is 0 Å². The fourth-order valence-electron chi connectivity index (χ4n) is 4.14. The predicted octanol–water partition coefficient (Wildman–Crippen LogP) is 3.93. The van der Waals surface area contributed by atoms with E-state index in [0.29, 0.717) is 6.04 Å². The molecule has 0 aliphatic heterocycles. The fourth-order valence-corrected chi connectivity index (χ4v) is 4.14. The van der Waals surface area contributed by atoms with E-state index in [1.54, 1.807) is 0 Å². The summed E-state index contributed by atoms with van der Waals surface area (Å²) in [5.41, 5.74) is 0. The van der Waals surface area contributed by atoms with Crippen LogP contribution in [-0.4, -0.2) is 6.54 Å². The van der Waals surface area contributed by atoms with Crippen LogP contribution in [0.15, 0.2) is 16.5 Å². The van der Waals surface area contributed by atoms with Gasteiger partial charge in [0.2, 0.25) is 0 Å². The van der Waals surface area contributed by atoms with Gasteiger partial charge < -0.3 is 9.73 Å². The molecule has 0 saturated heterocycles. The van der Waals surface area contributed by atoms with Gasteiger partial charge in [0.1, 0.15) is 11.5 Å². The summed E-state index contributed by atoms with van der Waals surface area (Å²) in [5.74, 6) is 5.04. The Morgan fingerprint density at radius 2 is 2.17 bits per heavy atom. The van der Waals surface area contributed by atoms with Crippen molar-refractivity contribution in [1.29, 1.82) is 0 Å². The number of hydrogen-bond donors (Lipinski definition) is 1. The van der Waals surface area contributed by atoms with E-state index in [1.807, 2.05) is 0 Å². The standard InChI is InChI=1S/C16H25NO/c1-3-13-7-8-15(18-13)16(17-4-2)14-10-11-5-6-12(14)9-11/h7-8,11-12,14,16-17H,3-6,9-10H2,1-2H3. The average Bonchev–Trinajstić information content (AvgIpc) is 3.10. The Balaban J connectivity index is 1.79. The van der Waals surface area contributed by atoms with Gasteiger partial charge in [-0.25, -0.2) is 0 Å². The van der Waals surface area contributed by atoms with Crippen molar-refractivity contribution in [3.63, 3.8) is 0 Å². The maximum absolute atomic E-state index is 6.01. The first kappa shape index (κ1) is 12.3. The van der Waals surface area contributed by atoms with Gasteiger partial charge in [-0.1, -0.05) is 20.3 Å². The maximum atomic E-state index is 6.01. The lowest BCUT2D eigenvalue weighted by Gasteiger charge is -2.29. The Kier molecular flexibility index (Phi) is 3.47. The van der Waals surface area contributed by atoms with Crippen LogP contribution in [0.1, 0.15) is 57.1 Å². The lowest BCUT2D eigenvalue weighted by Crippen LogP contribution is -2.31. The van der Waals surface area contributed by atoms with Crippen LogP contribution in [0.4, 0.5) is 0 Å². The van der Waals surface area contributed by atoms with Crippen molar-refractivity contribution in [3.8, 4) is 0 Å². The molecule has 18 heavy (non-hydrogen) atoms. The summed E-state index contributed by atoms with van der Waals surface area (Å²) in [7, 11) is 0. The molecule has 2 saturated carbocycles. The van der Waals surface area contributed by atoms with Gasteiger partial charge in [-0.05, 0) is 55.7 Å². The van der Waals surface area contributed by atoms with E-state index in [1.165, 1.54) is 31.4 Å². The Morgan fingerprint density at radius 1 is 1.28 bits per heavy atom. The van der Waals surface area contributed by atoms with Crippen molar-refractivity contribution in [2.45, 2.75) is 52.0 Å². The fraction of sp³-hybridized carbons (Fsp3) is 0.750. The molecule has 2 aliphatic carbocycles. The summed E-state index contributed by atoms with van der Waals surface area (Å²) in [6.45, 7) is 5.38. The Morgan fingerprint density at radius 3 is 2.72 bits per heavy atom. The molecule has 1 N–H and O–H groups in total. The van der Waals surface area contributed by atoms with Gasteiger partial charge in [-0.15, -0.1) is 0 Å². The van der Waals surface area contributed by atoms with E-state index >= 15 is 0 Å². The van der Waals surface area contributed by atoms with Crippen LogP contribution in [0.5, 0.6) is 0 Å². The molecule has 3 rings (SSSR count). The van der Waals surface area contributed by atoms with Crippen LogP contribution in [0.25, 0.3) is 0 Å². The van der Waals surface area contributed by atoms with Crippen molar-refractivity contribution < 1.29 is 4.42 Å². The van der Waals surface area contributed by atoms with Gasteiger partial charge in [0.05, 0.1) is 6.04 Å². The Hall–Kier alpha value is -0.760. The molecule has 4 atom stereocenters. The summed E-state index contributed by atoms with van der Waals surface area (Å²) in [6.07, 6.45) is 6.78. The summed E-state index contributed by atoms with van der Waals surface area (Å²) in [4.78, 5) is 0. The molecular formula is C16H25NO. The summed E-state index contributed by atoms with van der Waals surface area (Å²) >= 11 is 0. The van der Waals surface area contributed by atoms with Crippen LogP contribution in [0, 0.1) is 17.8 Å². The zero-order chi connectivity index (χ0) is 12.5. The smallest absolute Gasteiger partial charge is 0.121 e. The quantitative estimate of drug-likeness (QED) is 0.853. The van der Waals surface area contributed by atoms with E-state index in [2.05, 4.69) is 31.3 Å². The zero-order valence-corrected chi connectivity index (χ0v) is 11.6. The Bertz CT molecular complexity index is 398. The molecule has 1 heterocycles. The molecule has 0 aromatic carbocycles. The van der Waals surface area contributed by atoms with Crippen LogP contribution in [0.3, 0.4) is 0 Å². The molecule has 2 aliphatic rings. The molecule has 4 unspecified atom stereocenters. The van der Waals surface area contributed by atoms with Crippen molar-refractivity contribution in [2.75, 3.05) is 6.54 Å². The van der Waals surface area contributed by atoms with E-state index in [-0.39, 0.29) is 0 Å². The van der Waals surface area contributed by atoms with Gasteiger partial charge in [-0.3, -0.25) is 0 Å². The lowest BCUT2D eigenvalue weighted by molar-refractivity contribution is 0.226. The van der Waals surface area contributed by atoms with E-state index in [0.717, 1.165) is 36.5 Å². The maximum Gasteiger partial charge on any atom is 0.121 e. The van der Waals surface area contributed by atoms with Crippen molar-refractivity contribution in [2.24, 2.45) is 17.8 Å². The molecule has 2 fully saturated rings. The van der Waals surface area contributed by atoms with Gasteiger partial charge in [-0.2, -0.15) is 0 Å². The van der Waals surface area contributed by atoms with Crippen LogP contribution >= 0.6 is 0 Å². The lowest BCUT2D eigenvalue weighted by atomic mass is 9.82. The third-order valence-corrected chi connectivity index (χ3v) is 4.98. The van der Waals surface area contributed by atoms with Crippen LogP contribution in [-0.2, 0) is 6.42 Å². The molecule has 2 bridgehead atoms. The first-order valence-corrected chi connectivity index (χ1v) is 7.63. The van der Waals surface area contributed by atoms with E-state index in [9.17, 15) is 0 Å². The molecule has 0 spiro atoms. The second kappa shape index (κ2) is 5.08. The third kappa shape index (κ3) is 2.11. The number of furan rings is 1. The molecule has 2 heteroatoms. The van der Waals surface area contributed by atoms with Crippen LogP contribution in [0.2, 0.25) is 0 Å². The number of fused-ring (bicyclic) bond motifs is 2. The second-order valence-corrected chi connectivity index (χ2v) is 6.03. The van der Waals surface area contributed by atoms with Crippen molar-refractivity contribution in [3.05, 3.63) is 23.7 Å². The molecule has 2 nitrogen and oxygen atoms in total. The molecule has 0 amide bonds. The summed E-state index contributed by atoms with van der Waals surface area (Å²) in [6, 6.07) is 4.79. The normalized spacial score (nSPS) is 32.0. The number of rotatable bonds is 5. The molecule has 1 aromatic rings.